The van der Waals surface area contributed by atoms with Gasteiger partial charge in [0.15, 0.2) is 0 Å². The van der Waals surface area contributed by atoms with Crippen molar-refractivity contribution in [2.45, 2.75) is 12.5 Å². The molecule has 0 heterocycles. The van der Waals surface area contributed by atoms with Crippen LogP contribution in [-0.2, 0) is 0 Å². The number of nitrogens with zero attached hydrogens (tertiary/aromatic N) is 2. The van der Waals surface area contributed by atoms with E-state index in [1.165, 1.54) is 55.2 Å². The number of allylic oxidation sites excluding steroid dienone is 2. The van der Waals surface area contributed by atoms with Gasteiger partial charge in [-0.2, -0.15) is 0 Å². The van der Waals surface area contributed by atoms with Crippen molar-refractivity contribution in [2.24, 2.45) is 0 Å². The molecular formula is C50H38N2. The molecule has 0 N–H and O–H groups in total. The third-order valence-electron chi connectivity index (χ3n) is 10.2. The van der Waals surface area contributed by atoms with Crippen LogP contribution >= 0.6 is 0 Å². The average Bonchev–Trinajstić information content (AvgIpc) is 3.23. The summed E-state index contributed by atoms with van der Waals surface area (Å²) in [7, 11) is 0. The summed E-state index contributed by atoms with van der Waals surface area (Å²) in [6, 6.07) is 70.0. The topological polar surface area (TPSA) is 6.48 Å². The van der Waals surface area contributed by atoms with Gasteiger partial charge < -0.3 is 9.80 Å². The van der Waals surface area contributed by atoms with Crippen LogP contribution < -0.4 is 9.80 Å². The van der Waals surface area contributed by atoms with Crippen LogP contribution in [0.25, 0.3) is 38.2 Å². The number of fused-ring (bicyclic) bond motifs is 2. The molecule has 8 aromatic rings. The van der Waals surface area contributed by atoms with Gasteiger partial charge in [0, 0.05) is 33.5 Å². The smallest absolute Gasteiger partial charge is 0.0560 e. The maximum atomic E-state index is 2.51. The normalized spacial score (nSPS) is 13.9. The molecule has 1 aliphatic carbocycles. The Morgan fingerprint density at radius 3 is 1.50 bits per heavy atom. The number of rotatable bonds is 8. The summed E-state index contributed by atoms with van der Waals surface area (Å²) in [5, 5.41) is 4.95. The Morgan fingerprint density at radius 1 is 0.385 bits per heavy atom. The molecule has 0 aliphatic heterocycles. The summed E-state index contributed by atoms with van der Waals surface area (Å²) < 4.78 is 0. The van der Waals surface area contributed by atoms with Crippen LogP contribution in [0.4, 0.5) is 28.4 Å². The van der Waals surface area contributed by atoms with Crippen molar-refractivity contribution >= 4 is 55.6 Å². The number of hydrogen-bond donors (Lipinski definition) is 0. The van der Waals surface area contributed by atoms with Crippen molar-refractivity contribution in [3.8, 4) is 11.1 Å². The predicted molar refractivity (Wildman–Crippen MR) is 222 cm³/mol. The second kappa shape index (κ2) is 13.9. The van der Waals surface area contributed by atoms with Crippen LogP contribution in [-0.4, -0.2) is 6.04 Å². The van der Waals surface area contributed by atoms with Gasteiger partial charge in [0.1, 0.15) is 0 Å². The van der Waals surface area contributed by atoms with Gasteiger partial charge in [-0.3, -0.25) is 0 Å². The first-order valence-corrected chi connectivity index (χ1v) is 18.0. The number of para-hydroxylation sites is 1. The van der Waals surface area contributed by atoms with Crippen LogP contribution in [0.2, 0.25) is 0 Å². The molecule has 52 heavy (non-hydrogen) atoms. The van der Waals surface area contributed by atoms with Gasteiger partial charge in [-0.25, -0.2) is 0 Å². The third-order valence-corrected chi connectivity index (χ3v) is 10.2. The summed E-state index contributed by atoms with van der Waals surface area (Å²) in [6.07, 6.45) is 7.95. The minimum Gasteiger partial charge on any atom is -0.334 e. The van der Waals surface area contributed by atoms with E-state index < -0.39 is 0 Å². The second-order valence-electron chi connectivity index (χ2n) is 13.3. The molecule has 1 unspecified atom stereocenters. The highest BCUT2D eigenvalue weighted by atomic mass is 15.2. The first-order valence-electron chi connectivity index (χ1n) is 18.0. The van der Waals surface area contributed by atoms with Gasteiger partial charge in [0.25, 0.3) is 0 Å². The molecule has 0 amide bonds. The molecule has 0 bridgehead atoms. The zero-order valence-electron chi connectivity index (χ0n) is 28.9. The summed E-state index contributed by atoms with van der Waals surface area (Å²) in [5.41, 5.74) is 10.7. The molecule has 1 aliphatic rings. The van der Waals surface area contributed by atoms with Crippen molar-refractivity contribution in [1.82, 2.24) is 0 Å². The van der Waals surface area contributed by atoms with E-state index in [1.807, 2.05) is 0 Å². The van der Waals surface area contributed by atoms with E-state index in [9.17, 15) is 0 Å². The largest absolute Gasteiger partial charge is 0.334 e. The van der Waals surface area contributed by atoms with Crippen molar-refractivity contribution in [3.05, 3.63) is 218 Å². The lowest BCUT2D eigenvalue weighted by Gasteiger charge is -2.34. The molecule has 0 aromatic heterocycles. The molecular weight excluding hydrogens is 629 g/mol. The van der Waals surface area contributed by atoms with Crippen LogP contribution in [0.3, 0.4) is 0 Å². The SMILES string of the molecule is C1=CC(N(c2ccc(-c3ccc(N(c4ccccc4)c4cccc5ccccc45)cc3)cc2)c2cccc3ccccc23)CC=C1c1ccccc1. The van der Waals surface area contributed by atoms with Gasteiger partial charge in [-0.15, -0.1) is 0 Å². The lowest BCUT2D eigenvalue weighted by atomic mass is 9.95. The van der Waals surface area contributed by atoms with E-state index in [1.54, 1.807) is 0 Å². The van der Waals surface area contributed by atoms with Crippen molar-refractivity contribution < 1.29 is 0 Å². The Hall–Kier alpha value is -6.64. The van der Waals surface area contributed by atoms with Crippen LogP contribution in [0.15, 0.2) is 212 Å². The summed E-state index contributed by atoms with van der Waals surface area (Å²) in [4.78, 5) is 4.86. The summed E-state index contributed by atoms with van der Waals surface area (Å²) in [5.74, 6) is 0. The van der Waals surface area contributed by atoms with Gasteiger partial charge in [0.05, 0.1) is 11.7 Å². The quantitative estimate of drug-likeness (QED) is 0.159. The zero-order valence-corrected chi connectivity index (χ0v) is 28.9. The summed E-state index contributed by atoms with van der Waals surface area (Å²) in [6.45, 7) is 0. The minimum absolute atomic E-state index is 0.182. The fraction of sp³-hybridized carbons (Fsp3) is 0.0400. The second-order valence-corrected chi connectivity index (χ2v) is 13.3. The van der Waals surface area contributed by atoms with E-state index >= 15 is 0 Å². The van der Waals surface area contributed by atoms with Gasteiger partial charge >= 0.3 is 0 Å². The Labute approximate surface area is 305 Å². The molecule has 2 heteroatoms. The van der Waals surface area contributed by atoms with Gasteiger partial charge in [-0.05, 0) is 88.0 Å². The minimum atomic E-state index is 0.182. The molecule has 1 atom stereocenters. The molecule has 0 fully saturated rings. The van der Waals surface area contributed by atoms with Gasteiger partial charge in [-0.1, -0.05) is 164 Å². The third kappa shape index (κ3) is 6.05. The maximum Gasteiger partial charge on any atom is 0.0560 e. The van der Waals surface area contributed by atoms with Crippen LogP contribution in [0.1, 0.15) is 12.0 Å². The molecule has 2 nitrogen and oxygen atoms in total. The van der Waals surface area contributed by atoms with Crippen molar-refractivity contribution in [2.75, 3.05) is 9.80 Å². The average molecular weight is 667 g/mol. The first kappa shape index (κ1) is 31.3. The zero-order chi connectivity index (χ0) is 34.7. The standard InChI is InChI=1S/C50H38N2/c1-3-13-37(14-4-1)38-25-31-45(32-26-38)52(50-24-12-18-42-16-8-10-22-48(42)50)46-35-29-40(30-36-46)39-27-33-44(34-28-39)51(43-19-5-2-6-20-43)49-23-11-17-41-15-7-9-21-47(41)49/h1-31,33-36,45H,32H2. The van der Waals surface area contributed by atoms with E-state index in [2.05, 4.69) is 222 Å². The molecule has 0 saturated carbocycles. The van der Waals surface area contributed by atoms with Crippen molar-refractivity contribution in [3.63, 3.8) is 0 Å². The van der Waals surface area contributed by atoms with E-state index in [0.717, 1.165) is 23.5 Å². The molecule has 0 saturated heterocycles. The lowest BCUT2D eigenvalue weighted by molar-refractivity contribution is 0.789. The van der Waals surface area contributed by atoms with Gasteiger partial charge in [0.2, 0.25) is 0 Å². The molecule has 9 rings (SSSR count). The monoisotopic (exact) mass is 666 g/mol. The van der Waals surface area contributed by atoms with Crippen LogP contribution in [0, 0.1) is 0 Å². The Balaban J connectivity index is 1.05. The Bertz CT molecular complexity index is 2520. The highest BCUT2D eigenvalue weighted by molar-refractivity contribution is 5.99. The summed E-state index contributed by atoms with van der Waals surface area (Å²) >= 11 is 0. The molecule has 248 valence electrons. The van der Waals surface area contributed by atoms with E-state index in [0.29, 0.717) is 0 Å². The Morgan fingerprint density at radius 2 is 0.885 bits per heavy atom. The van der Waals surface area contributed by atoms with E-state index in [-0.39, 0.29) is 6.04 Å². The number of anilines is 5. The maximum absolute atomic E-state index is 2.51. The molecule has 0 radical (unpaired) electrons. The fourth-order valence-corrected chi connectivity index (χ4v) is 7.60. The highest BCUT2D eigenvalue weighted by Crippen LogP contribution is 2.41. The lowest BCUT2D eigenvalue weighted by Crippen LogP contribution is -2.30. The Kier molecular flexibility index (Phi) is 8.40. The van der Waals surface area contributed by atoms with Crippen molar-refractivity contribution in [1.29, 1.82) is 0 Å². The van der Waals surface area contributed by atoms with E-state index in [4.69, 9.17) is 0 Å². The highest BCUT2D eigenvalue weighted by Gasteiger charge is 2.22. The number of benzene rings is 8. The predicted octanol–water partition coefficient (Wildman–Crippen LogP) is 13.7. The van der Waals surface area contributed by atoms with Crippen LogP contribution in [0.5, 0.6) is 0 Å². The fourth-order valence-electron chi connectivity index (χ4n) is 7.60. The molecule has 8 aromatic carbocycles. The molecule has 0 spiro atoms. The first-order chi connectivity index (χ1) is 25.8. The number of hydrogen-bond acceptors (Lipinski definition) is 2.